The summed E-state index contributed by atoms with van der Waals surface area (Å²) in [5, 5.41) is 0. The maximum absolute atomic E-state index is 7.36. The third-order valence-corrected chi connectivity index (χ3v) is 25.3. The summed E-state index contributed by atoms with van der Waals surface area (Å²) < 4.78 is 59.5. The normalized spacial score (nSPS) is 15.4. The van der Waals surface area contributed by atoms with Gasteiger partial charge in [-0.2, -0.15) is 0 Å². The molecule has 0 fully saturated rings. The molecule has 0 heterocycles. The quantitative estimate of drug-likeness (QED) is 0.0738. The van der Waals surface area contributed by atoms with Crippen molar-refractivity contribution in [2.24, 2.45) is 0 Å². The summed E-state index contributed by atoms with van der Waals surface area (Å²) in [7, 11) is -3.60. The van der Waals surface area contributed by atoms with Crippen LogP contribution in [0.25, 0.3) is 0 Å². The highest BCUT2D eigenvalue weighted by atomic mass is 28.5. The standard InChI is InChI=1S/C34H82N4O9Si4/c1-15-35(16-2)27-23-31-48(39-9,40-10)45-50(43-13,33-25-29-37(19-5)20-6)47-51(44-14,34-26-30-38(21-7)22-8)46-49(41-11,42-12)32-24-28-36(17-3)18-4/h15-34H2,1-14H3. The Morgan fingerprint density at radius 3 is 0.647 bits per heavy atom. The van der Waals surface area contributed by atoms with E-state index in [0.29, 0.717) is 24.2 Å². The van der Waals surface area contributed by atoms with Crippen molar-refractivity contribution in [1.82, 2.24) is 19.6 Å². The molecule has 0 radical (unpaired) electrons. The SMILES string of the molecule is CCN(CC)CCC[Si](OC)(OC)O[Si](CCCN(CC)CC)(OC)O[Si](CCCN(CC)CC)(OC)O[Si](CCCN(CC)CC)(OC)OC. The van der Waals surface area contributed by atoms with E-state index in [4.69, 9.17) is 38.9 Å². The fourth-order valence-electron chi connectivity index (χ4n) is 6.41. The van der Waals surface area contributed by atoms with Gasteiger partial charge in [0.25, 0.3) is 0 Å². The third-order valence-electron chi connectivity index (χ3n) is 10.2. The van der Waals surface area contributed by atoms with E-state index in [-0.39, 0.29) is 0 Å². The zero-order chi connectivity index (χ0) is 38.8. The highest BCUT2D eigenvalue weighted by Gasteiger charge is 2.61. The second kappa shape index (κ2) is 28.7. The molecule has 51 heavy (non-hydrogen) atoms. The smallest absolute Gasteiger partial charge is 0.378 e. The van der Waals surface area contributed by atoms with Crippen LogP contribution in [0.1, 0.15) is 81.1 Å². The molecular weight excluding hydrogens is 721 g/mol. The van der Waals surface area contributed by atoms with E-state index in [2.05, 4.69) is 75.0 Å². The number of rotatable bonds is 36. The molecular formula is C34H82N4O9Si4. The predicted octanol–water partition coefficient (Wildman–Crippen LogP) is 5.60. The van der Waals surface area contributed by atoms with Crippen molar-refractivity contribution in [2.75, 3.05) is 121 Å². The van der Waals surface area contributed by atoms with Gasteiger partial charge in [-0.25, -0.2) is 0 Å². The fourth-order valence-corrected chi connectivity index (χ4v) is 22.2. The van der Waals surface area contributed by atoms with Crippen molar-refractivity contribution in [3.8, 4) is 0 Å². The van der Waals surface area contributed by atoms with Crippen LogP contribution < -0.4 is 0 Å². The average molecular weight is 803 g/mol. The van der Waals surface area contributed by atoms with E-state index in [9.17, 15) is 0 Å². The lowest BCUT2D eigenvalue weighted by molar-refractivity contribution is 0.0593. The average Bonchev–Trinajstić information content (AvgIpc) is 3.17. The summed E-state index contributed by atoms with van der Waals surface area (Å²) in [5.41, 5.74) is 0. The van der Waals surface area contributed by atoms with Crippen molar-refractivity contribution >= 4 is 35.2 Å². The van der Waals surface area contributed by atoms with E-state index in [1.807, 2.05) is 0 Å². The third kappa shape index (κ3) is 18.2. The molecule has 0 bridgehead atoms. The molecule has 13 nitrogen and oxygen atoms in total. The fraction of sp³-hybridized carbons (Fsp3) is 1.00. The lowest BCUT2D eigenvalue weighted by atomic mass is 10.4. The molecule has 0 aliphatic rings. The maximum Gasteiger partial charge on any atom is 0.493 e. The predicted molar refractivity (Wildman–Crippen MR) is 217 cm³/mol. The Hall–Kier alpha value is 0.348. The Labute approximate surface area is 319 Å². The molecule has 2 unspecified atom stereocenters. The summed E-state index contributed by atoms with van der Waals surface area (Å²) in [5.74, 6) is 0. The van der Waals surface area contributed by atoms with E-state index < -0.39 is 35.2 Å². The van der Waals surface area contributed by atoms with Crippen LogP contribution in [0.4, 0.5) is 0 Å². The molecule has 0 saturated carbocycles. The molecule has 0 aliphatic heterocycles. The molecule has 17 heteroatoms. The van der Waals surface area contributed by atoms with Crippen LogP contribution in [0.2, 0.25) is 24.2 Å². The summed E-state index contributed by atoms with van der Waals surface area (Å²) in [6.07, 6.45) is 3.36. The molecule has 0 spiro atoms. The molecule has 0 N–H and O–H groups in total. The summed E-state index contributed by atoms with van der Waals surface area (Å²) in [6, 6.07) is 2.40. The van der Waals surface area contributed by atoms with Gasteiger partial charge in [0.05, 0.1) is 0 Å². The van der Waals surface area contributed by atoms with Crippen LogP contribution in [0.3, 0.4) is 0 Å². The number of nitrogens with zero attached hydrogens (tertiary/aromatic N) is 4. The minimum Gasteiger partial charge on any atom is -0.378 e. The minimum absolute atomic E-state index is 0.561. The molecule has 0 amide bonds. The molecule has 0 aliphatic carbocycles. The Bertz CT molecular complexity index is 763. The lowest BCUT2D eigenvalue weighted by Gasteiger charge is -2.43. The topological polar surface area (TPSA) is 96.0 Å². The van der Waals surface area contributed by atoms with Crippen LogP contribution >= 0.6 is 0 Å². The van der Waals surface area contributed by atoms with Gasteiger partial charge in [0, 0.05) is 66.8 Å². The summed E-state index contributed by atoms with van der Waals surface area (Å²) in [6.45, 7) is 29.0. The van der Waals surface area contributed by atoms with E-state index >= 15 is 0 Å². The van der Waals surface area contributed by atoms with Gasteiger partial charge in [0.15, 0.2) is 0 Å². The van der Waals surface area contributed by atoms with Gasteiger partial charge >= 0.3 is 35.2 Å². The first-order chi connectivity index (χ1) is 24.5. The van der Waals surface area contributed by atoms with Crippen LogP contribution in [0, 0.1) is 0 Å². The highest BCUT2D eigenvalue weighted by Crippen LogP contribution is 2.35. The molecule has 0 aromatic heterocycles. The first-order valence-electron chi connectivity index (χ1n) is 19.8. The second-order valence-corrected chi connectivity index (χ2v) is 25.1. The van der Waals surface area contributed by atoms with Crippen molar-refractivity contribution in [1.29, 1.82) is 0 Å². The van der Waals surface area contributed by atoms with Crippen LogP contribution in [-0.2, 0) is 38.9 Å². The maximum atomic E-state index is 7.36. The number of hydrogen-bond acceptors (Lipinski definition) is 13. The van der Waals surface area contributed by atoms with E-state index in [1.165, 1.54) is 0 Å². The summed E-state index contributed by atoms with van der Waals surface area (Å²) >= 11 is 0. The van der Waals surface area contributed by atoms with Gasteiger partial charge in [0.1, 0.15) is 0 Å². The zero-order valence-corrected chi connectivity index (χ0v) is 39.6. The minimum atomic E-state index is -3.60. The van der Waals surface area contributed by atoms with Crippen LogP contribution in [0.15, 0.2) is 0 Å². The Kier molecular flexibility index (Phi) is 28.9. The lowest BCUT2D eigenvalue weighted by Crippen LogP contribution is -2.66. The molecule has 0 aromatic rings. The van der Waals surface area contributed by atoms with E-state index in [1.54, 1.807) is 42.7 Å². The van der Waals surface area contributed by atoms with Gasteiger partial charge in [0.2, 0.25) is 0 Å². The Balaban J connectivity index is 7.01. The van der Waals surface area contributed by atoms with Gasteiger partial charge in [-0.05, 0) is 104 Å². The number of hydrogen-bond donors (Lipinski definition) is 0. The molecule has 2 atom stereocenters. The molecule has 0 saturated heterocycles. The second-order valence-electron chi connectivity index (χ2n) is 12.8. The van der Waals surface area contributed by atoms with Crippen LogP contribution in [0.5, 0.6) is 0 Å². The van der Waals surface area contributed by atoms with Crippen molar-refractivity contribution in [2.45, 2.75) is 105 Å². The van der Waals surface area contributed by atoms with Crippen LogP contribution in [-0.4, -0.2) is 176 Å². The van der Waals surface area contributed by atoms with Crippen molar-refractivity contribution in [3.05, 3.63) is 0 Å². The molecule has 308 valence electrons. The van der Waals surface area contributed by atoms with Crippen molar-refractivity contribution < 1.29 is 38.9 Å². The van der Waals surface area contributed by atoms with Gasteiger partial charge in [-0.1, -0.05) is 55.4 Å². The molecule has 0 rings (SSSR count). The van der Waals surface area contributed by atoms with Gasteiger partial charge < -0.3 is 58.5 Å². The monoisotopic (exact) mass is 803 g/mol. The molecule has 0 aromatic carbocycles. The first-order valence-corrected chi connectivity index (χ1v) is 27.5. The van der Waals surface area contributed by atoms with Gasteiger partial charge in [-0.3, -0.25) is 0 Å². The zero-order valence-electron chi connectivity index (χ0n) is 35.6. The Morgan fingerprint density at radius 1 is 0.294 bits per heavy atom. The first kappa shape index (κ1) is 51.3. The highest BCUT2D eigenvalue weighted by molar-refractivity contribution is 6.83. The van der Waals surface area contributed by atoms with E-state index in [0.717, 1.165) is 104 Å². The largest absolute Gasteiger partial charge is 0.493 e. The Morgan fingerprint density at radius 2 is 0.471 bits per heavy atom. The van der Waals surface area contributed by atoms with Crippen molar-refractivity contribution in [3.63, 3.8) is 0 Å². The summed E-state index contributed by atoms with van der Waals surface area (Å²) in [4.78, 5) is 9.61. The van der Waals surface area contributed by atoms with Gasteiger partial charge in [-0.15, -0.1) is 0 Å².